The van der Waals surface area contributed by atoms with Crippen LogP contribution in [0.2, 0.25) is 0 Å². The van der Waals surface area contributed by atoms with Gasteiger partial charge in [0.1, 0.15) is 9.88 Å². The summed E-state index contributed by atoms with van der Waals surface area (Å²) in [7, 11) is 0. The summed E-state index contributed by atoms with van der Waals surface area (Å²) in [4.78, 5) is 39.8. The van der Waals surface area contributed by atoms with Crippen LogP contribution < -0.4 is 5.32 Å². The van der Waals surface area contributed by atoms with Crippen LogP contribution in [0.15, 0.2) is 17.5 Å². The van der Waals surface area contributed by atoms with Crippen LogP contribution in [0.4, 0.5) is 0 Å². The number of hydrogen-bond acceptors (Lipinski definition) is 6. The molecule has 2 heterocycles. The molecular weight excluding hydrogens is 336 g/mol. The molecule has 0 saturated carbocycles. The summed E-state index contributed by atoms with van der Waals surface area (Å²) in [6.45, 7) is 3.36. The third kappa shape index (κ3) is 4.46. The second kappa shape index (κ2) is 7.47. The maximum Gasteiger partial charge on any atom is 0.347 e. The molecule has 23 heavy (non-hydrogen) atoms. The van der Waals surface area contributed by atoms with Crippen LogP contribution in [-0.4, -0.2) is 27.8 Å². The van der Waals surface area contributed by atoms with Crippen LogP contribution in [0.1, 0.15) is 55.9 Å². The molecule has 0 spiro atoms. The van der Waals surface area contributed by atoms with Crippen molar-refractivity contribution in [2.45, 2.75) is 32.7 Å². The molecule has 122 valence electrons. The number of Topliss-reactive ketones (excluding diaryl/α,β-unsaturated/α-hetero) is 1. The van der Waals surface area contributed by atoms with Gasteiger partial charge < -0.3 is 10.4 Å². The number of nitrogens with zero attached hydrogens (tertiary/aromatic N) is 1. The lowest BCUT2D eigenvalue weighted by Crippen LogP contribution is -2.26. The highest BCUT2D eigenvalue weighted by molar-refractivity contribution is 7.13. The van der Waals surface area contributed by atoms with Gasteiger partial charge in [-0.15, -0.1) is 22.7 Å². The van der Waals surface area contributed by atoms with Gasteiger partial charge in [0, 0.05) is 12.8 Å². The summed E-state index contributed by atoms with van der Waals surface area (Å²) in [5, 5.41) is 14.1. The van der Waals surface area contributed by atoms with Crippen molar-refractivity contribution >= 4 is 40.3 Å². The first-order valence-electron chi connectivity index (χ1n) is 6.95. The number of thiophene rings is 1. The summed E-state index contributed by atoms with van der Waals surface area (Å²) >= 11 is 2.40. The molecular formula is C15H16N2O4S2. The van der Waals surface area contributed by atoms with E-state index in [1.165, 1.54) is 11.3 Å². The number of rotatable bonds is 7. The zero-order valence-corrected chi connectivity index (χ0v) is 14.3. The average Bonchev–Trinajstić information content (AvgIpc) is 3.13. The van der Waals surface area contributed by atoms with Gasteiger partial charge in [-0.2, -0.15) is 0 Å². The molecule has 0 aromatic carbocycles. The Morgan fingerprint density at radius 3 is 2.65 bits per heavy atom. The van der Waals surface area contributed by atoms with Crippen molar-refractivity contribution < 1.29 is 19.5 Å². The Morgan fingerprint density at radius 1 is 1.35 bits per heavy atom. The quantitative estimate of drug-likeness (QED) is 0.747. The molecule has 2 N–H and O–H groups in total. The van der Waals surface area contributed by atoms with Crippen molar-refractivity contribution in [3.63, 3.8) is 0 Å². The minimum absolute atomic E-state index is 0.0546. The topological polar surface area (TPSA) is 96.4 Å². The molecule has 0 aliphatic rings. The van der Waals surface area contributed by atoms with E-state index in [1.54, 1.807) is 26.0 Å². The number of ketones is 1. The summed E-state index contributed by atoms with van der Waals surface area (Å²) in [5.41, 5.74) is 0.437. The van der Waals surface area contributed by atoms with Gasteiger partial charge in [-0.3, -0.25) is 9.59 Å². The monoisotopic (exact) mass is 352 g/mol. The Kier molecular flexibility index (Phi) is 5.62. The van der Waals surface area contributed by atoms with Crippen molar-refractivity contribution in [3.05, 3.63) is 38.0 Å². The number of nitrogens with one attached hydrogen (secondary N) is 1. The summed E-state index contributed by atoms with van der Waals surface area (Å²) in [6, 6.07) is 3.14. The van der Waals surface area contributed by atoms with Crippen LogP contribution in [0.3, 0.4) is 0 Å². The molecule has 0 aliphatic heterocycles. The van der Waals surface area contributed by atoms with Gasteiger partial charge in [0.2, 0.25) is 5.91 Å². The number of hydrogen-bond donors (Lipinski definition) is 2. The number of carbonyl (C=O) groups is 3. The van der Waals surface area contributed by atoms with Crippen molar-refractivity contribution in [1.29, 1.82) is 0 Å². The Bertz CT molecular complexity index is 722. The smallest absolute Gasteiger partial charge is 0.347 e. The van der Waals surface area contributed by atoms with Crippen molar-refractivity contribution in [1.82, 2.24) is 10.3 Å². The zero-order chi connectivity index (χ0) is 17.0. The van der Waals surface area contributed by atoms with E-state index in [2.05, 4.69) is 10.3 Å². The number of thiazole rings is 1. The number of aromatic nitrogens is 1. The van der Waals surface area contributed by atoms with Crippen LogP contribution in [0, 0.1) is 6.92 Å². The number of aromatic carboxylic acids is 1. The van der Waals surface area contributed by atoms with Crippen molar-refractivity contribution in [2.75, 3.05) is 0 Å². The number of carboxylic acids is 1. The van der Waals surface area contributed by atoms with E-state index >= 15 is 0 Å². The van der Waals surface area contributed by atoms with Crippen LogP contribution in [0.5, 0.6) is 0 Å². The van der Waals surface area contributed by atoms with Crippen molar-refractivity contribution in [3.8, 4) is 0 Å². The van der Waals surface area contributed by atoms with E-state index in [-0.39, 0.29) is 29.4 Å². The standard InChI is InChI=1S/C15H16N2O4S2/c1-8-13(15(20)21)23-14(17-8)9(2)16-12(19)6-5-10(18)11-4-3-7-22-11/h3-4,7,9H,5-6H2,1-2H3,(H,16,19)(H,20,21). The minimum Gasteiger partial charge on any atom is -0.477 e. The summed E-state index contributed by atoms with van der Waals surface area (Å²) in [6.07, 6.45) is 0.244. The summed E-state index contributed by atoms with van der Waals surface area (Å²) < 4.78 is 0. The Morgan fingerprint density at radius 2 is 2.09 bits per heavy atom. The Labute approximate surface area is 141 Å². The van der Waals surface area contributed by atoms with Gasteiger partial charge in [0.05, 0.1) is 16.6 Å². The molecule has 2 rings (SSSR count). The van der Waals surface area contributed by atoms with E-state index in [1.807, 2.05) is 5.38 Å². The van der Waals surface area contributed by atoms with Gasteiger partial charge in [-0.1, -0.05) is 6.07 Å². The number of carbonyl (C=O) groups excluding carboxylic acids is 2. The largest absolute Gasteiger partial charge is 0.477 e. The van der Waals surface area contributed by atoms with Crippen LogP contribution in [0.25, 0.3) is 0 Å². The van der Waals surface area contributed by atoms with Gasteiger partial charge in [-0.05, 0) is 25.3 Å². The molecule has 2 aromatic heterocycles. The molecule has 1 amide bonds. The van der Waals surface area contributed by atoms with Gasteiger partial charge >= 0.3 is 5.97 Å². The third-order valence-corrected chi connectivity index (χ3v) is 5.37. The zero-order valence-electron chi connectivity index (χ0n) is 12.7. The molecule has 0 aliphatic carbocycles. The number of amides is 1. The highest BCUT2D eigenvalue weighted by atomic mass is 32.1. The maximum absolute atomic E-state index is 11.9. The molecule has 1 atom stereocenters. The normalized spacial score (nSPS) is 11.9. The van der Waals surface area contributed by atoms with Crippen molar-refractivity contribution in [2.24, 2.45) is 0 Å². The molecule has 2 aromatic rings. The second-order valence-corrected chi connectivity index (χ2v) is 6.94. The first kappa shape index (κ1) is 17.3. The fraction of sp³-hybridized carbons (Fsp3) is 0.333. The van der Waals surface area contributed by atoms with Gasteiger partial charge in [-0.25, -0.2) is 9.78 Å². The maximum atomic E-state index is 11.9. The minimum atomic E-state index is -1.02. The first-order valence-corrected chi connectivity index (χ1v) is 8.64. The first-order chi connectivity index (χ1) is 10.9. The summed E-state index contributed by atoms with van der Waals surface area (Å²) in [5.74, 6) is -1.33. The van der Waals surface area contributed by atoms with E-state index in [0.717, 1.165) is 11.3 Å². The van der Waals surface area contributed by atoms with E-state index in [0.29, 0.717) is 15.6 Å². The predicted octanol–water partition coefficient (Wildman–Crippen LogP) is 3.05. The average molecular weight is 352 g/mol. The molecule has 6 nitrogen and oxygen atoms in total. The molecule has 8 heteroatoms. The number of carboxylic acid groups (broad SMARTS) is 1. The third-order valence-electron chi connectivity index (χ3n) is 3.13. The fourth-order valence-corrected chi connectivity index (χ4v) is 3.57. The fourth-order valence-electron chi connectivity index (χ4n) is 1.96. The predicted molar refractivity (Wildman–Crippen MR) is 88.3 cm³/mol. The molecule has 0 bridgehead atoms. The second-order valence-electron chi connectivity index (χ2n) is 4.96. The van der Waals surface area contributed by atoms with Gasteiger partial charge in [0.25, 0.3) is 0 Å². The van der Waals surface area contributed by atoms with Crippen LogP contribution in [-0.2, 0) is 4.79 Å². The Balaban J connectivity index is 1.88. The lowest BCUT2D eigenvalue weighted by atomic mass is 10.2. The lowest BCUT2D eigenvalue weighted by molar-refractivity contribution is -0.121. The highest BCUT2D eigenvalue weighted by Crippen LogP contribution is 2.23. The highest BCUT2D eigenvalue weighted by Gasteiger charge is 2.19. The number of aryl methyl sites for hydroxylation is 1. The molecule has 0 saturated heterocycles. The molecule has 1 unspecified atom stereocenters. The van der Waals surface area contributed by atoms with Crippen LogP contribution >= 0.6 is 22.7 Å². The van der Waals surface area contributed by atoms with E-state index in [9.17, 15) is 14.4 Å². The van der Waals surface area contributed by atoms with E-state index < -0.39 is 12.0 Å². The Hall–Kier alpha value is -2.06. The lowest BCUT2D eigenvalue weighted by Gasteiger charge is -2.10. The van der Waals surface area contributed by atoms with E-state index in [4.69, 9.17) is 5.11 Å². The molecule has 0 radical (unpaired) electrons. The SMILES string of the molecule is Cc1nc(C(C)NC(=O)CCC(=O)c2cccs2)sc1C(=O)O. The van der Waals surface area contributed by atoms with Gasteiger partial charge in [0.15, 0.2) is 5.78 Å². The molecule has 0 fully saturated rings.